The zero-order valence-electron chi connectivity index (χ0n) is 21.2. The van der Waals surface area contributed by atoms with Gasteiger partial charge >= 0.3 is 0 Å². The van der Waals surface area contributed by atoms with E-state index in [0.717, 1.165) is 38.0 Å². The van der Waals surface area contributed by atoms with Crippen LogP contribution in [0.25, 0.3) is 5.82 Å². The second-order valence-corrected chi connectivity index (χ2v) is 10.1. The number of aryl methyl sites for hydroxylation is 1. The topological polar surface area (TPSA) is 83.9 Å². The van der Waals surface area contributed by atoms with Crippen LogP contribution in [0.3, 0.4) is 0 Å². The Morgan fingerprint density at radius 3 is 2.64 bits per heavy atom. The quantitative estimate of drug-likeness (QED) is 0.364. The van der Waals surface area contributed by atoms with Gasteiger partial charge in [0.25, 0.3) is 0 Å². The highest BCUT2D eigenvalue weighted by molar-refractivity contribution is 5.85. The van der Waals surface area contributed by atoms with E-state index in [9.17, 15) is 4.79 Å². The second-order valence-electron chi connectivity index (χ2n) is 10.1. The number of benzene rings is 1. The maximum Gasteiger partial charge on any atom is 0.243 e. The first-order chi connectivity index (χ1) is 17.7. The van der Waals surface area contributed by atoms with Gasteiger partial charge in [0.2, 0.25) is 11.9 Å². The Morgan fingerprint density at radius 2 is 1.83 bits per heavy atom. The van der Waals surface area contributed by atoms with Gasteiger partial charge in [-0.25, -0.2) is 0 Å². The molecule has 2 aliphatic rings. The van der Waals surface area contributed by atoms with E-state index < -0.39 is 0 Å². The monoisotopic (exact) mass is 486 g/mol. The van der Waals surface area contributed by atoms with Crippen LogP contribution in [0.15, 0.2) is 54.9 Å². The van der Waals surface area contributed by atoms with Crippen molar-refractivity contribution in [2.75, 3.05) is 17.2 Å². The highest BCUT2D eigenvalue weighted by atomic mass is 16.2. The van der Waals surface area contributed by atoms with Gasteiger partial charge in [-0.2, -0.15) is 9.97 Å². The number of carbonyl (C=O) groups is 1. The molecule has 3 aromatic rings. The SMILES string of the molecule is CCNc1nc(NC(CC2CCCCC2)C(=O)NC2CCCc3ccccc32)cc(-n2cccc2)n1. The number of nitrogens with zero attached hydrogens (tertiary/aromatic N) is 3. The van der Waals surface area contributed by atoms with Gasteiger partial charge in [-0.3, -0.25) is 4.79 Å². The third-order valence-electron chi connectivity index (χ3n) is 7.53. The number of aromatic nitrogens is 3. The van der Waals surface area contributed by atoms with Crippen molar-refractivity contribution in [3.63, 3.8) is 0 Å². The van der Waals surface area contributed by atoms with Crippen LogP contribution in [0.1, 0.15) is 75.5 Å². The maximum atomic E-state index is 13.8. The second kappa shape index (κ2) is 11.6. The average molecular weight is 487 g/mol. The van der Waals surface area contributed by atoms with Crippen LogP contribution in [0, 0.1) is 5.92 Å². The van der Waals surface area contributed by atoms with Gasteiger partial charge in [0.1, 0.15) is 17.7 Å². The summed E-state index contributed by atoms with van der Waals surface area (Å²) in [7, 11) is 0. The van der Waals surface area contributed by atoms with E-state index >= 15 is 0 Å². The normalized spacial score (nSPS) is 18.8. The molecular weight excluding hydrogens is 448 g/mol. The third kappa shape index (κ3) is 5.89. The molecule has 1 fully saturated rings. The fourth-order valence-electron chi connectivity index (χ4n) is 5.71. The Balaban J connectivity index is 1.39. The van der Waals surface area contributed by atoms with Crippen LogP contribution in [-0.4, -0.2) is 33.0 Å². The van der Waals surface area contributed by atoms with Crippen LogP contribution in [0.2, 0.25) is 0 Å². The largest absolute Gasteiger partial charge is 0.358 e. The Morgan fingerprint density at radius 1 is 1.03 bits per heavy atom. The summed E-state index contributed by atoms with van der Waals surface area (Å²) in [6, 6.07) is 14.1. The molecule has 7 heteroatoms. The molecule has 0 saturated heterocycles. The van der Waals surface area contributed by atoms with E-state index in [0.29, 0.717) is 17.7 Å². The van der Waals surface area contributed by atoms with Crippen LogP contribution in [0.5, 0.6) is 0 Å². The molecule has 7 nitrogen and oxygen atoms in total. The lowest BCUT2D eigenvalue weighted by Crippen LogP contribution is -2.43. The molecule has 1 saturated carbocycles. The van der Waals surface area contributed by atoms with Crippen molar-refractivity contribution in [2.45, 2.75) is 76.8 Å². The summed E-state index contributed by atoms with van der Waals surface area (Å²) < 4.78 is 1.96. The lowest BCUT2D eigenvalue weighted by Gasteiger charge is -2.31. The Kier molecular flexibility index (Phi) is 7.84. The number of nitrogens with one attached hydrogen (secondary N) is 3. The highest BCUT2D eigenvalue weighted by Gasteiger charge is 2.29. The van der Waals surface area contributed by atoms with E-state index in [1.807, 2.05) is 42.1 Å². The Hall–Kier alpha value is -3.35. The first kappa shape index (κ1) is 24.3. The number of anilines is 2. The fourth-order valence-corrected chi connectivity index (χ4v) is 5.71. The number of hydrogen-bond donors (Lipinski definition) is 3. The van der Waals surface area contributed by atoms with Crippen LogP contribution >= 0.6 is 0 Å². The summed E-state index contributed by atoms with van der Waals surface area (Å²) in [5.41, 5.74) is 2.62. The molecule has 2 aromatic heterocycles. The number of carbonyl (C=O) groups excluding carboxylic acids is 1. The molecule has 2 heterocycles. The van der Waals surface area contributed by atoms with Gasteiger partial charge in [0.15, 0.2) is 0 Å². The van der Waals surface area contributed by atoms with E-state index in [2.05, 4.69) is 45.2 Å². The van der Waals surface area contributed by atoms with Crippen molar-refractivity contribution >= 4 is 17.7 Å². The fraction of sp³-hybridized carbons (Fsp3) is 0.483. The molecule has 1 aromatic carbocycles. The minimum atomic E-state index is -0.343. The first-order valence-corrected chi connectivity index (χ1v) is 13.6. The van der Waals surface area contributed by atoms with Crippen molar-refractivity contribution < 1.29 is 4.79 Å². The van der Waals surface area contributed by atoms with Crippen molar-refractivity contribution in [3.05, 3.63) is 66.0 Å². The van der Waals surface area contributed by atoms with Gasteiger partial charge in [-0.05, 0) is 61.8 Å². The van der Waals surface area contributed by atoms with Crippen LogP contribution in [0.4, 0.5) is 11.8 Å². The van der Waals surface area contributed by atoms with Crippen molar-refractivity contribution in [1.82, 2.24) is 19.9 Å². The predicted molar refractivity (Wildman–Crippen MR) is 144 cm³/mol. The molecule has 0 aliphatic heterocycles. The van der Waals surface area contributed by atoms with Crippen molar-refractivity contribution in [2.24, 2.45) is 5.92 Å². The van der Waals surface area contributed by atoms with Gasteiger partial charge in [-0.1, -0.05) is 56.4 Å². The molecule has 3 N–H and O–H groups in total. The summed E-state index contributed by atoms with van der Waals surface area (Å²) in [6.45, 7) is 2.75. The Labute approximate surface area is 214 Å². The Bertz CT molecular complexity index is 1140. The molecule has 0 radical (unpaired) electrons. The molecule has 36 heavy (non-hydrogen) atoms. The zero-order chi connectivity index (χ0) is 24.7. The lowest BCUT2D eigenvalue weighted by atomic mass is 9.84. The highest BCUT2D eigenvalue weighted by Crippen LogP contribution is 2.31. The molecule has 2 aliphatic carbocycles. The molecule has 5 rings (SSSR count). The van der Waals surface area contributed by atoms with Gasteiger partial charge < -0.3 is 20.5 Å². The molecule has 1 amide bonds. The van der Waals surface area contributed by atoms with E-state index in [4.69, 9.17) is 4.98 Å². The summed E-state index contributed by atoms with van der Waals surface area (Å²) in [5, 5.41) is 10.2. The van der Waals surface area contributed by atoms with Crippen LogP contribution < -0.4 is 16.0 Å². The minimum absolute atomic E-state index is 0.0633. The third-order valence-corrected chi connectivity index (χ3v) is 7.53. The zero-order valence-corrected chi connectivity index (χ0v) is 21.2. The smallest absolute Gasteiger partial charge is 0.243 e. The van der Waals surface area contributed by atoms with E-state index in [1.165, 1.54) is 43.2 Å². The summed E-state index contributed by atoms with van der Waals surface area (Å²) in [6.07, 6.45) is 14.1. The van der Waals surface area contributed by atoms with Gasteiger partial charge in [0.05, 0.1) is 6.04 Å². The standard InChI is InChI=1S/C29H38N6O/c1-2-30-29-33-26(20-27(34-29)35-17-8-9-18-35)31-25(19-21-11-4-3-5-12-21)28(36)32-24-16-10-14-22-13-6-7-15-23(22)24/h6-9,13,15,17-18,20-21,24-25H,2-5,10-12,14,16,19H2,1H3,(H,32,36)(H2,30,31,33,34). The molecule has 190 valence electrons. The molecule has 0 bridgehead atoms. The first-order valence-electron chi connectivity index (χ1n) is 13.6. The number of fused-ring (bicyclic) bond motifs is 1. The number of rotatable bonds is 9. The number of hydrogen-bond acceptors (Lipinski definition) is 5. The number of amides is 1. The predicted octanol–water partition coefficient (Wildman–Crippen LogP) is 5.64. The molecule has 2 unspecified atom stereocenters. The van der Waals surface area contributed by atoms with Gasteiger partial charge in [0, 0.05) is 25.0 Å². The van der Waals surface area contributed by atoms with Crippen molar-refractivity contribution in [3.8, 4) is 5.82 Å². The van der Waals surface area contributed by atoms with E-state index in [-0.39, 0.29) is 18.0 Å². The average Bonchev–Trinajstić information content (AvgIpc) is 3.45. The summed E-state index contributed by atoms with van der Waals surface area (Å²) in [4.78, 5) is 23.1. The van der Waals surface area contributed by atoms with Gasteiger partial charge in [-0.15, -0.1) is 0 Å². The molecular formula is C29H38N6O. The van der Waals surface area contributed by atoms with Crippen LogP contribution in [-0.2, 0) is 11.2 Å². The van der Waals surface area contributed by atoms with E-state index in [1.54, 1.807) is 0 Å². The summed E-state index contributed by atoms with van der Waals surface area (Å²) in [5.74, 6) is 2.62. The minimum Gasteiger partial charge on any atom is -0.358 e. The molecule has 0 spiro atoms. The molecule has 2 atom stereocenters. The maximum absolute atomic E-state index is 13.8. The summed E-state index contributed by atoms with van der Waals surface area (Å²) >= 11 is 0. The lowest BCUT2D eigenvalue weighted by molar-refractivity contribution is -0.123. The van der Waals surface area contributed by atoms with Crippen molar-refractivity contribution in [1.29, 1.82) is 0 Å².